The van der Waals surface area contributed by atoms with Gasteiger partial charge in [-0.1, -0.05) is 155 Å². The molecule has 0 saturated heterocycles. The quantitative estimate of drug-likeness (QED) is 0.147. The van der Waals surface area contributed by atoms with E-state index in [0.717, 1.165) is 12.8 Å². The fourth-order valence-corrected chi connectivity index (χ4v) is 3.38. The van der Waals surface area contributed by atoms with Crippen molar-refractivity contribution in [2.75, 3.05) is 14.2 Å². The van der Waals surface area contributed by atoms with Crippen LogP contribution in [0.1, 0.15) is 82.1 Å². The van der Waals surface area contributed by atoms with E-state index in [9.17, 15) is 0 Å². The maximum atomic E-state index is 5.45. The van der Waals surface area contributed by atoms with E-state index in [2.05, 4.69) is 191 Å². The number of hydrogen-bond donors (Lipinski definition) is 0. The predicted molar refractivity (Wildman–Crippen MR) is 198 cm³/mol. The van der Waals surface area contributed by atoms with Gasteiger partial charge in [-0.15, -0.1) is 0 Å². The molecule has 0 aliphatic rings. The Hall–Kier alpha value is -3.46. The summed E-state index contributed by atoms with van der Waals surface area (Å²) in [6.07, 6.45) is 44.1. The van der Waals surface area contributed by atoms with Gasteiger partial charge in [-0.25, -0.2) is 0 Å². The van der Waals surface area contributed by atoms with Gasteiger partial charge in [0.25, 0.3) is 0 Å². The second kappa shape index (κ2) is 23.0. The first kappa shape index (κ1) is 40.5. The molecule has 0 heterocycles. The molecule has 240 valence electrons. The summed E-state index contributed by atoms with van der Waals surface area (Å²) < 4.78 is 10.9. The fraction of sp³-hybridized carbons (Fsp3) is 0.381. The van der Waals surface area contributed by atoms with Crippen molar-refractivity contribution in [2.45, 2.75) is 93.3 Å². The van der Waals surface area contributed by atoms with E-state index in [1.54, 1.807) is 14.2 Å². The largest absolute Gasteiger partial charge is 0.378 e. The van der Waals surface area contributed by atoms with Crippen LogP contribution in [0.3, 0.4) is 0 Å². The molecule has 0 aromatic carbocycles. The molecule has 0 aromatic rings. The summed E-state index contributed by atoms with van der Waals surface area (Å²) in [4.78, 5) is 0. The Kier molecular flexibility index (Phi) is 21.2. The molecule has 0 aliphatic carbocycles. The molecule has 0 aliphatic heterocycles. The normalized spacial score (nSPS) is 16.3. The second-order valence-corrected chi connectivity index (χ2v) is 12.4. The minimum Gasteiger partial charge on any atom is -0.378 e. The van der Waals surface area contributed by atoms with Gasteiger partial charge < -0.3 is 9.47 Å². The molecule has 0 amide bonds. The Balaban J connectivity index is 4.80. The van der Waals surface area contributed by atoms with Gasteiger partial charge in [0.1, 0.15) is 0 Å². The van der Waals surface area contributed by atoms with Crippen LogP contribution in [0.25, 0.3) is 0 Å². The van der Waals surface area contributed by atoms with Gasteiger partial charge in [0, 0.05) is 14.2 Å². The molecule has 44 heavy (non-hydrogen) atoms. The Morgan fingerprint density at radius 3 is 0.864 bits per heavy atom. The van der Waals surface area contributed by atoms with Gasteiger partial charge in [0.2, 0.25) is 0 Å². The average Bonchev–Trinajstić information content (AvgIpc) is 2.95. The maximum Gasteiger partial charge on any atom is 0.0657 e. The highest BCUT2D eigenvalue weighted by Gasteiger charge is 2.13. The van der Waals surface area contributed by atoms with Crippen molar-refractivity contribution in [1.82, 2.24) is 0 Å². The van der Waals surface area contributed by atoms with Crippen molar-refractivity contribution in [1.29, 1.82) is 0 Å². The highest BCUT2D eigenvalue weighted by atomic mass is 16.5. The molecule has 2 heteroatoms. The molecule has 0 N–H and O–H groups in total. The van der Waals surface area contributed by atoms with Gasteiger partial charge in [-0.05, 0) is 82.1 Å². The zero-order valence-corrected chi connectivity index (χ0v) is 29.8. The summed E-state index contributed by atoms with van der Waals surface area (Å²) in [5.41, 5.74) is 6.97. The third-order valence-electron chi connectivity index (χ3n) is 6.79. The highest BCUT2D eigenvalue weighted by Crippen LogP contribution is 2.15. The van der Waals surface area contributed by atoms with Crippen molar-refractivity contribution >= 4 is 0 Å². The van der Waals surface area contributed by atoms with Crippen LogP contribution >= 0.6 is 0 Å². The monoisotopic (exact) mass is 596 g/mol. The van der Waals surface area contributed by atoms with Crippen LogP contribution in [0.2, 0.25) is 0 Å². The van der Waals surface area contributed by atoms with Crippen molar-refractivity contribution in [3.8, 4) is 0 Å². The zero-order valence-electron chi connectivity index (χ0n) is 29.8. The van der Waals surface area contributed by atoms with E-state index in [1.807, 2.05) is 0 Å². The molecule has 0 fully saturated rings. The smallest absolute Gasteiger partial charge is 0.0657 e. The Labute approximate surface area is 271 Å². The molecular formula is C42H60O2. The topological polar surface area (TPSA) is 18.5 Å². The molecule has 0 unspecified atom stereocenters. The summed E-state index contributed by atoms with van der Waals surface area (Å²) in [6.45, 7) is 21.0. The van der Waals surface area contributed by atoms with Gasteiger partial charge in [0.05, 0.1) is 11.2 Å². The molecule has 0 saturated carbocycles. The molecule has 0 radical (unpaired) electrons. The summed E-state index contributed by atoms with van der Waals surface area (Å²) >= 11 is 0. The van der Waals surface area contributed by atoms with Crippen LogP contribution in [0.15, 0.2) is 155 Å². The maximum absolute atomic E-state index is 5.45. The number of rotatable bonds is 18. The standard InChI is InChI=1S/C42H60O2/c1-35(23-15-25-37(3)27-17-29-39(5)31-19-33-41(7,8)43-11)21-13-14-22-36(2)24-16-26-38(4)28-18-30-40(6)32-20-34-42(9,10)44-12/h13-32H,33-34H2,1-12H3/b14-13+,23-15+,24-16+,27-17+,28-18+,31-19+,32-20+,35-21+,36-22+,37-25-,38-26+,39-29+,40-30+. The van der Waals surface area contributed by atoms with E-state index in [4.69, 9.17) is 9.47 Å². The lowest BCUT2D eigenvalue weighted by atomic mass is 10.0. The first-order valence-corrected chi connectivity index (χ1v) is 15.5. The average molecular weight is 597 g/mol. The van der Waals surface area contributed by atoms with Gasteiger partial charge in [-0.3, -0.25) is 0 Å². The van der Waals surface area contributed by atoms with E-state index in [-0.39, 0.29) is 11.2 Å². The first-order valence-electron chi connectivity index (χ1n) is 15.5. The molecule has 2 nitrogen and oxygen atoms in total. The summed E-state index contributed by atoms with van der Waals surface area (Å²) in [7, 11) is 3.50. The Morgan fingerprint density at radius 2 is 0.614 bits per heavy atom. The SMILES string of the molecule is COC(C)(C)C/C=C/C(C)=C/C=C/C(C)=C\C=C\C(C)=C\C=C\C=C(C)\C=C\C=C(C)\C=C\C=C(C)\C=C\CC(C)(C)OC. The van der Waals surface area contributed by atoms with Gasteiger partial charge in [0.15, 0.2) is 0 Å². The lowest BCUT2D eigenvalue weighted by Crippen LogP contribution is -2.20. The number of allylic oxidation sites excluding steroid dienone is 24. The lowest BCUT2D eigenvalue weighted by Gasteiger charge is -2.20. The van der Waals surface area contributed by atoms with Gasteiger partial charge >= 0.3 is 0 Å². The van der Waals surface area contributed by atoms with Crippen LogP contribution in [0, 0.1) is 0 Å². The zero-order chi connectivity index (χ0) is 33.4. The predicted octanol–water partition coefficient (Wildman–Crippen LogP) is 12.2. The number of ether oxygens (including phenoxy) is 2. The van der Waals surface area contributed by atoms with Crippen molar-refractivity contribution in [2.24, 2.45) is 0 Å². The van der Waals surface area contributed by atoms with Crippen molar-refractivity contribution in [3.63, 3.8) is 0 Å². The molecule has 0 bridgehead atoms. The van der Waals surface area contributed by atoms with Crippen molar-refractivity contribution < 1.29 is 9.47 Å². The van der Waals surface area contributed by atoms with E-state index in [1.165, 1.54) is 33.4 Å². The molecule has 0 rings (SSSR count). The van der Waals surface area contributed by atoms with Crippen LogP contribution in [-0.4, -0.2) is 25.4 Å². The minimum absolute atomic E-state index is 0.123. The van der Waals surface area contributed by atoms with Crippen LogP contribution in [-0.2, 0) is 9.47 Å². The fourth-order valence-electron chi connectivity index (χ4n) is 3.38. The summed E-state index contributed by atoms with van der Waals surface area (Å²) in [6, 6.07) is 0. The third kappa shape index (κ3) is 24.0. The van der Waals surface area contributed by atoms with E-state index < -0.39 is 0 Å². The Morgan fingerprint density at radius 1 is 0.386 bits per heavy atom. The van der Waals surface area contributed by atoms with Crippen LogP contribution < -0.4 is 0 Å². The van der Waals surface area contributed by atoms with Gasteiger partial charge in [-0.2, -0.15) is 0 Å². The van der Waals surface area contributed by atoms with E-state index in [0.29, 0.717) is 0 Å². The minimum atomic E-state index is -0.123. The summed E-state index contributed by atoms with van der Waals surface area (Å²) in [5.74, 6) is 0. The lowest BCUT2D eigenvalue weighted by molar-refractivity contribution is 0.0252. The highest BCUT2D eigenvalue weighted by molar-refractivity contribution is 5.33. The van der Waals surface area contributed by atoms with E-state index >= 15 is 0 Å². The molecular weight excluding hydrogens is 536 g/mol. The third-order valence-corrected chi connectivity index (χ3v) is 6.79. The van der Waals surface area contributed by atoms with Crippen LogP contribution in [0.4, 0.5) is 0 Å². The van der Waals surface area contributed by atoms with Crippen LogP contribution in [0.5, 0.6) is 0 Å². The Bertz CT molecular complexity index is 1150. The number of methoxy groups -OCH3 is 2. The number of hydrogen-bond acceptors (Lipinski definition) is 2. The molecule has 0 spiro atoms. The first-order chi connectivity index (χ1) is 20.7. The molecule has 0 atom stereocenters. The summed E-state index contributed by atoms with van der Waals surface area (Å²) in [5, 5.41) is 0. The second-order valence-electron chi connectivity index (χ2n) is 12.4. The molecule has 0 aromatic heterocycles. The van der Waals surface area contributed by atoms with Crippen molar-refractivity contribution in [3.05, 3.63) is 155 Å².